The molecule has 0 aliphatic rings. The highest BCUT2D eigenvalue weighted by Gasteiger charge is 2.15. The van der Waals surface area contributed by atoms with Crippen LogP contribution in [-0.2, 0) is 9.84 Å². The number of anilines is 1. The lowest BCUT2D eigenvalue weighted by Gasteiger charge is -2.17. The van der Waals surface area contributed by atoms with E-state index in [-0.39, 0.29) is 17.7 Å². The molecule has 112 valence electrons. The molecule has 1 atom stereocenters. The number of halogens is 1. The minimum Gasteiger partial charge on any atom is -0.382 e. The van der Waals surface area contributed by atoms with Crippen LogP contribution in [0.2, 0.25) is 5.02 Å². The fourth-order valence-electron chi connectivity index (χ4n) is 1.80. The second kappa shape index (κ2) is 6.45. The number of amides is 1. The summed E-state index contributed by atoms with van der Waals surface area (Å²) in [6.45, 7) is 1.77. The number of carbonyl (C=O) groups excluding carboxylic acids is 1. The quantitative estimate of drug-likeness (QED) is 0.900. The fraction of sp³-hybridized carbons (Fsp3) is 0.462. The topological polar surface area (TPSA) is 66.5 Å². The summed E-state index contributed by atoms with van der Waals surface area (Å²) in [5, 5.41) is 3.42. The van der Waals surface area contributed by atoms with Gasteiger partial charge in [-0.2, -0.15) is 0 Å². The molecular formula is C13H19ClN2O3S. The second-order valence-corrected chi connectivity index (χ2v) is 7.62. The molecule has 0 spiro atoms. The maximum atomic E-state index is 11.9. The summed E-state index contributed by atoms with van der Waals surface area (Å²) in [6.07, 6.45) is 1.19. The van der Waals surface area contributed by atoms with Gasteiger partial charge in [-0.1, -0.05) is 11.6 Å². The largest absolute Gasteiger partial charge is 0.382 e. The summed E-state index contributed by atoms with van der Waals surface area (Å²) >= 11 is 6.01. The van der Waals surface area contributed by atoms with Gasteiger partial charge in [-0.3, -0.25) is 4.79 Å². The number of nitrogens with zero attached hydrogens (tertiary/aromatic N) is 1. The Morgan fingerprint density at radius 1 is 1.40 bits per heavy atom. The van der Waals surface area contributed by atoms with E-state index in [0.717, 1.165) is 0 Å². The zero-order chi connectivity index (χ0) is 15.5. The molecule has 1 aromatic rings. The van der Waals surface area contributed by atoms with Crippen molar-refractivity contribution in [3.05, 3.63) is 28.8 Å². The molecule has 1 rings (SSSR count). The van der Waals surface area contributed by atoms with Crippen molar-refractivity contribution in [3.8, 4) is 0 Å². The molecule has 0 aromatic heterocycles. The molecule has 0 aliphatic carbocycles. The van der Waals surface area contributed by atoms with E-state index in [1.807, 2.05) is 0 Å². The lowest BCUT2D eigenvalue weighted by atomic mass is 10.1. The van der Waals surface area contributed by atoms with E-state index in [9.17, 15) is 13.2 Å². The van der Waals surface area contributed by atoms with Gasteiger partial charge in [-0.05, 0) is 25.1 Å². The van der Waals surface area contributed by atoms with E-state index >= 15 is 0 Å². The molecular weight excluding hydrogens is 300 g/mol. The number of hydrogen-bond donors (Lipinski definition) is 1. The van der Waals surface area contributed by atoms with Crippen LogP contribution in [0.3, 0.4) is 0 Å². The number of carbonyl (C=O) groups is 1. The van der Waals surface area contributed by atoms with Crippen LogP contribution in [0.1, 0.15) is 17.3 Å². The monoisotopic (exact) mass is 318 g/mol. The van der Waals surface area contributed by atoms with E-state index in [1.165, 1.54) is 11.2 Å². The second-order valence-electron chi connectivity index (χ2n) is 5.03. The van der Waals surface area contributed by atoms with Crippen LogP contribution < -0.4 is 5.32 Å². The van der Waals surface area contributed by atoms with Gasteiger partial charge in [0.15, 0.2) is 0 Å². The van der Waals surface area contributed by atoms with E-state index in [4.69, 9.17) is 11.6 Å². The molecule has 5 nitrogen and oxygen atoms in total. The minimum absolute atomic E-state index is 0.0204. The lowest BCUT2D eigenvalue weighted by Crippen LogP contribution is -2.25. The molecule has 1 aromatic carbocycles. The first-order valence-electron chi connectivity index (χ1n) is 6.05. The Labute approximate surface area is 124 Å². The first-order valence-corrected chi connectivity index (χ1v) is 8.49. The zero-order valence-electron chi connectivity index (χ0n) is 12.0. The van der Waals surface area contributed by atoms with Crippen LogP contribution in [0.25, 0.3) is 0 Å². The van der Waals surface area contributed by atoms with Gasteiger partial charge in [0.2, 0.25) is 0 Å². The van der Waals surface area contributed by atoms with Crippen LogP contribution in [0.4, 0.5) is 5.69 Å². The molecule has 1 N–H and O–H groups in total. The fourth-order valence-corrected chi connectivity index (χ4v) is 2.99. The number of benzene rings is 1. The van der Waals surface area contributed by atoms with Crippen molar-refractivity contribution in [1.82, 2.24) is 4.90 Å². The minimum atomic E-state index is -3.06. The average molecular weight is 319 g/mol. The van der Waals surface area contributed by atoms with E-state index in [1.54, 1.807) is 39.2 Å². The van der Waals surface area contributed by atoms with Gasteiger partial charge >= 0.3 is 0 Å². The maximum Gasteiger partial charge on any atom is 0.254 e. The maximum absolute atomic E-state index is 11.9. The molecule has 0 saturated heterocycles. The first-order chi connectivity index (χ1) is 9.10. The Balaban J connectivity index is 2.93. The molecule has 0 bridgehead atoms. The number of nitrogens with one attached hydrogen (secondary N) is 1. The smallest absolute Gasteiger partial charge is 0.254 e. The average Bonchev–Trinajstić information content (AvgIpc) is 2.28. The molecule has 1 unspecified atom stereocenters. The van der Waals surface area contributed by atoms with Crippen LogP contribution in [0, 0.1) is 0 Å². The normalized spacial score (nSPS) is 12.8. The lowest BCUT2D eigenvalue weighted by molar-refractivity contribution is 0.0828. The highest BCUT2D eigenvalue weighted by molar-refractivity contribution is 7.90. The van der Waals surface area contributed by atoms with E-state index in [2.05, 4.69) is 5.32 Å². The predicted octanol–water partition coefficient (Wildman–Crippen LogP) is 1.89. The summed E-state index contributed by atoms with van der Waals surface area (Å²) in [7, 11) is 0.233. The van der Waals surface area contributed by atoms with Gasteiger partial charge in [0.05, 0.1) is 16.3 Å². The van der Waals surface area contributed by atoms with Gasteiger partial charge in [-0.15, -0.1) is 0 Å². The third kappa shape index (κ3) is 5.02. The summed E-state index contributed by atoms with van der Waals surface area (Å²) in [4.78, 5) is 13.4. The molecule has 0 radical (unpaired) electrons. The molecule has 20 heavy (non-hydrogen) atoms. The highest BCUT2D eigenvalue weighted by Crippen LogP contribution is 2.22. The van der Waals surface area contributed by atoms with Crippen molar-refractivity contribution in [2.24, 2.45) is 0 Å². The molecule has 0 saturated carbocycles. The van der Waals surface area contributed by atoms with Crippen molar-refractivity contribution in [2.45, 2.75) is 13.0 Å². The number of sulfone groups is 1. The van der Waals surface area contributed by atoms with Crippen molar-refractivity contribution >= 4 is 33.0 Å². The van der Waals surface area contributed by atoms with Gasteiger partial charge in [0.1, 0.15) is 9.84 Å². The van der Waals surface area contributed by atoms with Gasteiger partial charge in [0.25, 0.3) is 5.91 Å². The number of hydrogen-bond acceptors (Lipinski definition) is 4. The summed E-state index contributed by atoms with van der Waals surface area (Å²) in [5.74, 6) is -0.179. The van der Waals surface area contributed by atoms with Crippen molar-refractivity contribution in [3.63, 3.8) is 0 Å². The Kier molecular flexibility index (Phi) is 5.42. The Hall–Kier alpha value is -1.27. The summed E-state index contributed by atoms with van der Waals surface area (Å²) in [5.41, 5.74) is 1.05. The molecule has 0 heterocycles. The van der Waals surface area contributed by atoms with Crippen LogP contribution in [0.15, 0.2) is 18.2 Å². The Morgan fingerprint density at radius 3 is 2.50 bits per heavy atom. The molecule has 0 fully saturated rings. The Morgan fingerprint density at radius 2 is 2.00 bits per heavy atom. The van der Waals surface area contributed by atoms with Crippen molar-refractivity contribution in [1.29, 1.82) is 0 Å². The number of rotatable bonds is 5. The van der Waals surface area contributed by atoms with Gasteiger partial charge in [0, 0.05) is 32.1 Å². The van der Waals surface area contributed by atoms with Crippen LogP contribution in [0.5, 0.6) is 0 Å². The third-order valence-corrected chi connectivity index (χ3v) is 4.00. The SMILES string of the molecule is CC(CS(C)(=O)=O)Nc1ccc(Cl)c(C(=O)N(C)C)c1. The van der Waals surface area contributed by atoms with Crippen molar-refractivity contribution < 1.29 is 13.2 Å². The first kappa shape index (κ1) is 16.8. The zero-order valence-corrected chi connectivity index (χ0v) is 13.5. The van der Waals surface area contributed by atoms with Gasteiger partial charge < -0.3 is 10.2 Å². The molecule has 7 heteroatoms. The van der Waals surface area contributed by atoms with Crippen LogP contribution >= 0.6 is 11.6 Å². The van der Waals surface area contributed by atoms with Crippen molar-refractivity contribution in [2.75, 3.05) is 31.4 Å². The summed E-state index contributed by atoms with van der Waals surface area (Å²) < 4.78 is 22.5. The standard InChI is InChI=1S/C13H19ClN2O3S/c1-9(8-20(4,18)19)15-10-5-6-12(14)11(7-10)13(17)16(2)3/h5-7,9,15H,8H2,1-4H3. The molecule has 1 amide bonds. The molecule has 0 aliphatic heterocycles. The van der Waals surface area contributed by atoms with E-state index < -0.39 is 9.84 Å². The predicted molar refractivity (Wildman–Crippen MR) is 82.3 cm³/mol. The van der Waals surface area contributed by atoms with Crippen LogP contribution in [-0.4, -0.2) is 51.4 Å². The highest BCUT2D eigenvalue weighted by atomic mass is 35.5. The Bertz CT molecular complexity index is 600. The summed E-state index contributed by atoms with van der Waals surface area (Å²) in [6, 6.07) is 4.71. The van der Waals surface area contributed by atoms with E-state index in [0.29, 0.717) is 16.3 Å². The van der Waals surface area contributed by atoms with Gasteiger partial charge in [-0.25, -0.2) is 8.42 Å². The third-order valence-electron chi connectivity index (χ3n) is 2.57.